The number of anilines is 1. The van der Waals surface area contributed by atoms with Gasteiger partial charge in [-0.15, -0.1) is 0 Å². The second kappa shape index (κ2) is 7.67. The molecule has 0 aliphatic heterocycles. The van der Waals surface area contributed by atoms with Crippen LogP contribution in [0.1, 0.15) is 52.9 Å². The van der Waals surface area contributed by atoms with Gasteiger partial charge >= 0.3 is 6.01 Å². The Morgan fingerprint density at radius 2 is 1.95 bits per heavy atom. The molecule has 112 valence electrons. The number of thioether (sulfide) groups is 1. The van der Waals surface area contributed by atoms with Gasteiger partial charge in [-0.05, 0) is 33.6 Å². The molecule has 6 heteroatoms. The third kappa shape index (κ3) is 4.81. The molecule has 1 saturated carbocycles. The first-order valence-corrected chi connectivity index (χ1v) is 8.38. The van der Waals surface area contributed by atoms with Gasteiger partial charge in [0.2, 0.25) is 5.95 Å². The molecule has 0 aromatic carbocycles. The van der Waals surface area contributed by atoms with E-state index in [4.69, 9.17) is 4.74 Å². The van der Waals surface area contributed by atoms with Gasteiger partial charge in [-0.25, -0.2) is 0 Å². The molecule has 20 heavy (non-hydrogen) atoms. The van der Waals surface area contributed by atoms with Crippen LogP contribution in [0.3, 0.4) is 0 Å². The molecule has 1 aliphatic rings. The molecule has 5 nitrogen and oxygen atoms in total. The van der Waals surface area contributed by atoms with Crippen LogP contribution in [0.15, 0.2) is 5.16 Å². The van der Waals surface area contributed by atoms with Gasteiger partial charge in [0.15, 0.2) is 5.16 Å². The van der Waals surface area contributed by atoms with Crippen LogP contribution in [-0.2, 0) is 0 Å². The molecular weight excluding hydrogens is 272 g/mol. The fraction of sp³-hybridized carbons (Fsp3) is 0.786. The van der Waals surface area contributed by atoms with E-state index in [2.05, 4.69) is 20.3 Å². The summed E-state index contributed by atoms with van der Waals surface area (Å²) in [4.78, 5) is 13.2. The number of nitrogens with zero attached hydrogens (tertiary/aromatic N) is 3. The smallest absolute Gasteiger partial charge is 0.322 e. The van der Waals surface area contributed by atoms with E-state index in [1.165, 1.54) is 32.1 Å². The monoisotopic (exact) mass is 296 g/mol. The molecule has 1 N–H and O–H groups in total. The molecule has 0 spiro atoms. The van der Waals surface area contributed by atoms with Crippen molar-refractivity contribution >= 4 is 17.7 Å². The summed E-state index contributed by atoms with van der Waals surface area (Å²) >= 11 is 1.76. The zero-order chi connectivity index (χ0) is 14.4. The van der Waals surface area contributed by atoms with Crippen LogP contribution < -0.4 is 10.1 Å². The lowest BCUT2D eigenvalue weighted by atomic mass is 10.0. The largest absolute Gasteiger partial charge is 0.461 e. The average Bonchev–Trinajstić information content (AvgIpc) is 2.39. The van der Waals surface area contributed by atoms with E-state index in [-0.39, 0.29) is 6.10 Å². The number of hydrogen-bond acceptors (Lipinski definition) is 6. The number of aromatic nitrogens is 3. The highest BCUT2D eigenvalue weighted by Crippen LogP contribution is 2.32. The Hall–Kier alpha value is -1.04. The van der Waals surface area contributed by atoms with Crippen molar-refractivity contribution in [1.29, 1.82) is 0 Å². The van der Waals surface area contributed by atoms with Crippen molar-refractivity contribution in [2.45, 2.75) is 69.4 Å². The lowest BCUT2D eigenvalue weighted by molar-refractivity contribution is 0.219. The quantitative estimate of drug-likeness (QED) is 0.866. The minimum absolute atomic E-state index is 0.0689. The van der Waals surface area contributed by atoms with Gasteiger partial charge in [0.25, 0.3) is 0 Å². The van der Waals surface area contributed by atoms with Crippen molar-refractivity contribution in [3.63, 3.8) is 0 Å². The maximum atomic E-state index is 5.62. The number of nitrogens with one attached hydrogen (secondary N) is 1. The van der Waals surface area contributed by atoms with Crippen LogP contribution in [0.25, 0.3) is 0 Å². The predicted molar refractivity (Wildman–Crippen MR) is 82.5 cm³/mol. The second-order valence-electron chi connectivity index (χ2n) is 5.30. The van der Waals surface area contributed by atoms with Gasteiger partial charge in [-0.2, -0.15) is 15.0 Å². The summed E-state index contributed by atoms with van der Waals surface area (Å²) in [5.41, 5.74) is 0. The predicted octanol–water partition coefficient (Wildman–Crippen LogP) is 3.52. The van der Waals surface area contributed by atoms with E-state index in [9.17, 15) is 0 Å². The topological polar surface area (TPSA) is 59.9 Å². The summed E-state index contributed by atoms with van der Waals surface area (Å²) in [6.45, 7) is 6.77. The van der Waals surface area contributed by atoms with Crippen molar-refractivity contribution in [3.8, 4) is 6.01 Å². The summed E-state index contributed by atoms with van der Waals surface area (Å²) < 4.78 is 5.62. The molecule has 0 saturated heterocycles. The summed E-state index contributed by atoms with van der Waals surface area (Å²) in [5, 5.41) is 4.55. The second-order valence-corrected chi connectivity index (χ2v) is 6.57. The molecule has 1 heterocycles. The average molecular weight is 296 g/mol. The van der Waals surface area contributed by atoms with E-state index in [0.29, 0.717) is 17.2 Å². The first-order valence-electron chi connectivity index (χ1n) is 7.50. The van der Waals surface area contributed by atoms with E-state index in [1.807, 2.05) is 20.8 Å². The Labute approximate surface area is 125 Å². The van der Waals surface area contributed by atoms with Crippen LogP contribution in [0.4, 0.5) is 5.95 Å². The first kappa shape index (κ1) is 15.4. The third-order valence-corrected chi connectivity index (χ3v) is 4.29. The highest BCUT2D eigenvalue weighted by molar-refractivity contribution is 7.99. The zero-order valence-electron chi connectivity index (χ0n) is 12.6. The highest BCUT2D eigenvalue weighted by Gasteiger charge is 2.18. The fourth-order valence-electron chi connectivity index (χ4n) is 2.22. The van der Waals surface area contributed by atoms with Crippen LogP contribution in [0, 0.1) is 0 Å². The van der Waals surface area contributed by atoms with E-state index in [1.54, 1.807) is 11.8 Å². The van der Waals surface area contributed by atoms with Gasteiger partial charge in [-0.3, -0.25) is 0 Å². The van der Waals surface area contributed by atoms with Gasteiger partial charge < -0.3 is 10.1 Å². The normalized spacial score (nSPS) is 16.4. The zero-order valence-corrected chi connectivity index (χ0v) is 13.4. The van der Waals surface area contributed by atoms with Crippen LogP contribution >= 0.6 is 11.8 Å². The third-order valence-electron chi connectivity index (χ3n) is 3.09. The Morgan fingerprint density at radius 3 is 2.60 bits per heavy atom. The Balaban J connectivity index is 2.10. The molecule has 2 rings (SSSR count). The van der Waals surface area contributed by atoms with E-state index < -0.39 is 0 Å². The van der Waals surface area contributed by atoms with Crippen molar-refractivity contribution in [3.05, 3.63) is 0 Å². The Kier molecular flexibility index (Phi) is 5.88. The summed E-state index contributed by atoms with van der Waals surface area (Å²) in [5.74, 6) is 0.608. The van der Waals surface area contributed by atoms with Crippen LogP contribution in [0.2, 0.25) is 0 Å². The van der Waals surface area contributed by atoms with Gasteiger partial charge in [0.1, 0.15) is 0 Å². The fourth-order valence-corrected chi connectivity index (χ4v) is 3.36. The molecular formula is C14H24N4OS. The van der Waals surface area contributed by atoms with Gasteiger partial charge in [0, 0.05) is 11.8 Å². The molecule has 0 bridgehead atoms. The molecule has 0 amide bonds. The molecule has 0 radical (unpaired) electrons. The van der Waals surface area contributed by atoms with Crippen molar-refractivity contribution in [2.24, 2.45) is 0 Å². The summed E-state index contributed by atoms with van der Waals surface area (Å²) in [7, 11) is 0. The maximum absolute atomic E-state index is 5.62. The van der Waals surface area contributed by atoms with E-state index >= 15 is 0 Å². The molecule has 1 fully saturated rings. The Bertz CT molecular complexity index is 422. The number of hydrogen-bond donors (Lipinski definition) is 1. The Morgan fingerprint density at radius 1 is 1.20 bits per heavy atom. The van der Waals surface area contributed by atoms with Crippen LogP contribution in [-0.4, -0.2) is 32.9 Å². The molecule has 0 atom stereocenters. The summed E-state index contributed by atoms with van der Waals surface area (Å²) in [6, 6.07) is 0.421. The first-order chi connectivity index (χ1) is 9.67. The highest BCUT2D eigenvalue weighted by atomic mass is 32.2. The number of rotatable bonds is 6. The van der Waals surface area contributed by atoms with E-state index in [0.717, 1.165) is 11.7 Å². The summed E-state index contributed by atoms with van der Waals surface area (Å²) in [6.07, 6.45) is 6.58. The van der Waals surface area contributed by atoms with Gasteiger partial charge in [-0.1, -0.05) is 31.0 Å². The SMILES string of the molecule is CCNc1nc(OC(C)C)nc(SC2CCCCC2)n1. The van der Waals surface area contributed by atoms with Crippen molar-refractivity contribution < 1.29 is 4.74 Å². The number of ether oxygens (including phenoxy) is 1. The van der Waals surface area contributed by atoms with Gasteiger partial charge in [0.05, 0.1) is 6.10 Å². The molecule has 1 aromatic rings. The molecule has 0 unspecified atom stereocenters. The molecule has 1 aromatic heterocycles. The minimum Gasteiger partial charge on any atom is -0.461 e. The minimum atomic E-state index is 0.0689. The maximum Gasteiger partial charge on any atom is 0.322 e. The van der Waals surface area contributed by atoms with Crippen molar-refractivity contribution in [2.75, 3.05) is 11.9 Å². The van der Waals surface area contributed by atoms with Crippen molar-refractivity contribution in [1.82, 2.24) is 15.0 Å². The lowest BCUT2D eigenvalue weighted by Gasteiger charge is -2.20. The molecule has 1 aliphatic carbocycles. The standard InChI is InChI=1S/C14H24N4OS/c1-4-15-12-16-13(19-10(2)3)18-14(17-12)20-11-8-6-5-7-9-11/h10-11H,4-9H2,1-3H3,(H,15,16,17,18). The van der Waals surface area contributed by atoms with Crippen LogP contribution in [0.5, 0.6) is 6.01 Å². The lowest BCUT2D eigenvalue weighted by Crippen LogP contribution is -2.13.